The van der Waals surface area contributed by atoms with Crippen molar-refractivity contribution in [2.24, 2.45) is 0 Å². The van der Waals surface area contributed by atoms with Crippen LogP contribution in [0.4, 0.5) is 0 Å². The molecule has 0 spiro atoms. The van der Waals surface area contributed by atoms with Crippen LogP contribution in [0.1, 0.15) is 48.5 Å². The molecule has 0 radical (unpaired) electrons. The van der Waals surface area contributed by atoms with Crippen molar-refractivity contribution in [3.8, 4) is 11.5 Å². The van der Waals surface area contributed by atoms with Gasteiger partial charge in [-0.25, -0.2) is 0 Å². The SMILES string of the molecule is CC(=O)OC[C@H]1O[C@@H](Sc2cc(O)ccc2O)[C@H](OC(C)=O)[C@@H](OC(C)=O)[C@@H]1O[C@H]1O[C@H](COC(C)=O)[C@@H](OC(C)=O)[C@H](OC(C)=O)[C@H]1OC(C)=O. The quantitative estimate of drug-likeness (QED) is 0.160. The molecule has 0 amide bonds. The Balaban J connectivity index is 2.19. The monoisotopic (exact) mass is 760 g/mol. The number of rotatable bonds is 13. The van der Waals surface area contributed by atoms with E-state index in [1.54, 1.807) is 0 Å². The van der Waals surface area contributed by atoms with Gasteiger partial charge < -0.3 is 57.6 Å². The van der Waals surface area contributed by atoms with E-state index in [1.165, 1.54) is 18.2 Å². The summed E-state index contributed by atoms with van der Waals surface area (Å²) in [5.41, 5.74) is -1.34. The molecule has 1 aromatic carbocycles. The van der Waals surface area contributed by atoms with Gasteiger partial charge >= 0.3 is 41.8 Å². The molecule has 2 aliphatic heterocycles. The molecule has 52 heavy (non-hydrogen) atoms. The molecular formula is C32H40O19S. The molecule has 0 bridgehead atoms. The minimum Gasteiger partial charge on any atom is -0.508 e. The fourth-order valence-corrected chi connectivity index (χ4v) is 6.46. The Morgan fingerprint density at radius 1 is 0.577 bits per heavy atom. The number of benzene rings is 1. The van der Waals surface area contributed by atoms with Crippen LogP contribution < -0.4 is 0 Å². The van der Waals surface area contributed by atoms with Gasteiger partial charge in [0.2, 0.25) is 0 Å². The smallest absolute Gasteiger partial charge is 0.303 e. The minimum absolute atomic E-state index is 0.0499. The van der Waals surface area contributed by atoms with E-state index < -0.39 is 116 Å². The normalized spacial score (nSPS) is 28.4. The molecule has 2 N–H and O–H groups in total. The van der Waals surface area contributed by atoms with Crippen LogP contribution in [0.2, 0.25) is 0 Å². The Morgan fingerprint density at radius 3 is 1.52 bits per heavy atom. The number of phenolic OH excluding ortho intramolecular Hbond substituents is 2. The third kappa shape index (κ3) is 12.0. The molecule has 0 saturated carbocycles. The van der Waals surface area contributed by atoms with Crippen molar-refractivity contribution in [1.29, 1.82) is 0 Å². The third-order valence-corrected chi connectivity index (χ3v) is 8.26. The van der Waals surface area contributed by atoms with Gasteiger partial charge in [0.15, 0.2) is 36.8 Å². The first kappa shape index (κ1) is 41.8. The Morgan fingerprint density at radius 2 is 1.02 bits per heavy atom. The number of aromatic hydroxyl groups is 2. The van der Waals surface area contributed by atoms with Crippen LogP contribution in [0, 0.1) is 0 Å². The molecule has 0 aliphatic carbocycles. The molecule has 19 nitrogen and oxygen atoms in total. The average Bonchev–Trinajstić information content (AvgIpc) is 3.01. The van der Waals surface area contributed by atoms with E-state index in [2.05, 4.69) is 0 Å². The predicted molar refractivity (Wildman–Crippen MR) is 169 cm³/mol. The number of carbonyl (C=O) groups is 7. The first-order valence-electron chi connectivity index (χ1n) is 15.6. The number of ether oxygens (including phenoxy) is 10. The predicted octanol–water partition coefficient (Wildman–Crippen LogP) is 0.810. The van der Waals surface area contributed by atoms with Gasteiger partial charge in [-0.2, -0.15) is 0 Å². The summed E-state index contributed by atoms with van der Waals surface area (Å²) in [6, 6.07) is 3.60. The van der Waals surface area contributed by atoms with Gasteiger partial charge in [0, 0.05) is 48.5 Å². The molecule has 0 unspecified atom stereocenters. The van der Waals surface area contributed by atoms with E-state index >= 15 is 0 Å². The lowest BCUT2D eigenvalue weighted by atomic mass is 9.96. The lowest BCUT2D eigenvalue weighted by Crippen LogP contribution is -2.66. The summed E-state index contributed by atoms with van der Waals surface area (Å²) in [6.45, 7) is 6.18. The standard InChI is InChI=1S/C32H40O19S/c1-13(33)42-11-22-25(44-15(3)35)27(45-16(4)36)29(47-18(6)38)31(49-22)51-26-23(12-43-14(2)34)50-32(52-24-10-20(40)8-9-21(24)41)30(48-19(7)39)28(26)46-17(5)37/h8-10,22-23,25-32,40-41H,11-12H2,1-7H3/t22-,23-,25-,26-,27+,28+,29-,30-,31-,32+/m1/s1. The molecule has 2 fully saturated rings. The number of carbonyl (C=O) groups excluding carboxylic acids is 7. The minimum atomic E-state index is -1.83. The lowest BCUT2D eigenvalue weighted by molar-refractivity contribution is -0.341. The highest BCUT2D eigenvalue weighted by Gasteiger charge is 2.57. The summed E-state index contributed by atoms with van der Waals surface area (Å²) in [5, 5.41) is 20.5. The van der Waals surface area contributed by atoms with E-state index in [0.717, 1.165) is 60.2 Å². The van der Waals surface area contributed by atoms with E-state index in [9.17, 15) is 43.8 Å². The molecule has 1 aromatic rings. The number of hydrogen-bond donors (Lipinski definition) is 2. The zero-order valence-electron chi connectivity index (χ0n) is 29.2. The van der Waals surface area contributed by atoms with Crippen LogP contribution in [0.3, 0.4) is 0 Å². The van der Waals surface area contributed by atoms with Gasteiger partial charge in [-0.15, -0.1) is 0 Å². The Labute approximate surface area is 301 Å². The van der Waals surface area contributed by atoms with Crippen molar-refractivity contribution >= 4 is 53.5 Å². The fraction of sp³-hybridized carbons (Fsp3) is 0.594. The van der Waals surface area contributed by atoms with E-state index in [1.807, 2.05) is 0 Å². The molecule has 2 heterocycles. The number of thioether (sulfide) groups is 1. The largest absolute Gasteiger partial charge is 0.508 e. The van der Waals surface area contributed by atoms with E-state index in [-0.39, 0.29) is 16.4 Å². The number of esters is 7. The van der Waals surface area contributed by atoms with Crippen LogP contribution >= 0.6 is 11.8 Å². The summed E-state index contributed by atoms with van der Waals surface area (Å²) in [4.78, 5) is 85.7. The van der Waals surface area contributed by atoms with Crippen LogP contribution in [-0.4, -0.2) is 126 Å². The third-order valence-electron chi connectivity index (χ3n) is 7.07. The fourth-order valence-electron chi connectivity index (χ4n) is 5.29. The van der Waals surface area contributed by atoms with Crippen LogP contribution in [0.15, 0.2) is 23.1 Å². The number of hydrogen-bond acceptors (Lipinski definition) is 20. The van der Waals surface area contributed by atoms with Gasteiger partial charge in [-0.1, -0.05) is 11.8 Å². The highest BCUT2D eigenvalue weighted by Crippen LogP contribution is 2.42. The van der Waals surface area contributed by atoms with Gasteiger partial charge in [0.1, 0.15) is 48.5 Å². The van der Waals surface area contributed by atoms with Crippen molar-refractivity contribution in [2.75, 3.05) is 13.2 Å². The summed E-state index contributed by atoms with van der Waals surface area (Å²) < 4.78 is 56.4. The average molecular weight is 761 g/mol. The zero-order valence-corrected chi connectivity index (χ0v) is 30.0. The molecule has 10 atom stereocenters. The van der Waals surface area contributed by atoms with Crippen molar-refractivity contribution in [1.82, 2.24) is 0 Å². The lowest BCUT2D eigenvalue weighted by Gasteiger charge is -2.48. The first-order valence-corrected chi connectivity index (χ1v) is 16.5. The van der Waals surface area contributed by atoms with Crippen molar-refractivity contribution in [2.45, 2.75) is 114 Å². The maximum Gasteiger partial charge on any atom is 0.303 e. The van der Waals surface area contributed by atoms with Crippen LogP contribution in [-0.2, 0) is 80.9 Å². The molecule has 288 valence electrons. The first-order chi connectivity index (χ1) is 24.4. The van der Waals surface area contributed by atoms with Crippen LogP contribution in [0.5, 0.6) is 11.5 Å². The van der Waals surface area contributed by atoms with Crippen molar-refractivity contribution in [3.63, 3.8) is 0 Å². The van der Waals surface area contributed by atoms with E-state index in [4.69, 9.17) is 47.4 Å². The van der Waals surface area contributed by atoms with Crippen molar-refractivity contribution < 1.29 is 91.1 Å². The van der Waals surface area contributed by atoms with Gasteiger partial charge in [-0.3, -0.25) is 33.6 Å². The van der Waals surface area contributed by atoms with Gasteiger partial charge in [-0.05, 0) is 18.2 Å². The maximum atomic E-state index is 12.6. The second kappa shape index (κ2) is 18.7. The summed E-state index contributed by atoms with van der Waals surface area (Å²) in [7, 11) is 0. The Bertz CT molecular complexity index is 1500. The van der Waals surface area contributed by atoms with Crippen LogP contribution in [0.25, 0.3) is 0 Å². The summed E-state index contributed by atoms with van der Waals surface area (Å²) in [5.74, 6) is -6.58. The Kier molecular flexibility index (Phi) is 15.0. The summed E-state index contributed by atoms with van der Waals surface area (Å²) in [6.07, 6.45) is -14.4. The molecule has 2 saturated heterocycles. The molecule has 3 rings (SSSR count). The number of phenols is 2. The van der Waals surface area contributed by atoms with Gasteiger partial charge in [0.25, 0.3) is 0 Å². The second-order valence-corrected chi connectivity index (χ2v) is 12.6. The highest BCUT2D eigenvalue weighted by atomic mass is 32.2. The molecule has 0 aromatic heterocycles. The molecule has 20 heteroatoms. The topological polar surface area (TPSA) is 252 Å². The van der Waals surface area contributed by atoms with Crippen molar-refractivity contribution in [3.05, 3.63) is 18.2 Å². The van der Waals surface area contributed by atoms with E-state index in [0.29, 0.717) is 0 Å². The summed E-state index contributed by atoms with van der Waals surface area (Å²) >= 11 is 0.752. The maximum absolute atomic E-state index is 12.6. The molecule has 2 aliphatic rings. The molecular weight excluding hydrogens is 720 g/mol. The Hall–Kier alpha value is -4.66. The zero-order chi connectivity index (χ0) is 38.9. The highest BCUT2D eigenvalue weighted by molar-refractivity contribution is 8.00. The second-order valence-electron chi connectivity index (χ2n) is 11.4. The van der Waals surface area contributed by atoms with Gasteiger partial charge in [0.05, 0.1) is 4.90 Å².